The maximum atomic E-state index is 4.54. The Morgan fingerprint density at radius 3 is 2.38 bits per heavy atom. The first-order valence-electron chi connectivity index (χ1n) is 7.25. The van der Waals surface area contributed by atoms with E-state index in [0.717, 1.165) is 16.9 Å². The van der Waals surface area contributed by atoms with Gasteiger partial charge in [-0.05, 0) is 56.5 Å². The third kappa shape index (κ3) is 2.49. The Kier molecular flexibility index (Phi) is 3.38. The second-order valence-electron chi connectivity index (χ2n) is 5.71. The zero-order chi connectivity index (χ0) is 15.0. The summed E-state index contributed by atoms with van der Waals surface area (Å²) in [6.45, 7) is 8.51. The van der Waals surface area contributed by atoms with Crippen LogP contribution in [0.15, 0.2) is 42.6 Å². The Balaban J connectivity index is 2.11. The van der Waals surface area contributed by atoms with Gasteiger partial charge in [-0.15, -0.1) is 0 Å². The number of anilines is 2. The standard InChI is InChI=1S/C19H20N2/c1-12-5-8-17(14(3)11-12)21-18-9-10-20-19-15(4)13(2)6-7-16(18)19/h5-11H,1-4H3,(H,20,21). The first-order chi connectivity index (χ1) is 10.1. The number of pyridine rings is 1. The van der Waals surface area contributed by atoms with E-state index >= 15 is 0 Å². The summed E-state index contributed by atoms with van der Waals surface area (Å²) in [6.07, 6.45) is 1.88. The zero-order valence-electron chi connectivity index (χ0n) is 13.0. The van der Waals surface area contributed by atoms with E-state index in [1.165, 1.54) is 27.6 Å². The molecule has 21 heavy (non-hydrogen) atoms. The number of hydrogen-bond acceptors (Lipinski definition) is 2. The summed E-state index contributed by atoms with van der Waals surface area (Å²) in [5.41, 5.74) is 8.38. The molecule has 3 rings (SSSR count). The summed E-state index contributed by atoms with van der Waals surface area (Å²) >= 11 is 0. The summed E-state index contributed by atoms with van der Waals surface area (Å²) < 4.78 is 0. The SMILES string of the molecule is Cc1ccc(Nc2ccnc3c(C)c(C)ccc23)c(C)c1. The lowest BCUT2D eigenvalue weighted by Gasteiger charge is -2.14. The number of fused-ring (bicyclic) bond motifs is 1. The fourth-order valence-electron chi connectivity index (χ4n) is 2.67. The molecule has 2 nitrogen and oxygen atoms in total. The fourth-order valence-corrected chi connectivity index (χ4v) is 2.67. The van der Waals surface area contributed by atoms with Crippen molar-refractivity contribution in [3.8, 4) is 0 Å². The lowest BCUT2D eigenvalue weighted by Crippen LogP contribution is -1.96. The van der Waals surface area contributed by atoms with E-state index in [1.54, 1.807) is 0 Å². The van der Waals surface area contributed by atoms with E-state index in [0.29, 0.717) is 0 Å². The molecule has 0 saturated carbocycles. The van der Waals surface area contributed by atoms with Crippen molar-refractivity contribution in [3.63, 3.8) is 0 Å². The maximum Gasteiger partial charge on any atom is 0.0754 e. The topological polar surface area (TPSA) is 24.9 Å². The summed E-state index contributed by atoms with van der Waals surface area (Å²) in [6, 6.07) is 12.8. The molecule has 0 aliphatic rings. The Bertz CT molecular complexity index is 819. The van der Waals surface area contributed by atoms with Crippen LogP contribution in [0.4, 0.5) is 11.4 Å². The Morgan fingerprint density at radius 1 is 0.810 bits per heavy atom. The van der Waals surface area contributed by atoms with Gasteiger partial charge in [-0.25, -0.2) is 0 Å². The molecule has 2 aromatic carbocycles. The van der Waals surface area contributed by atoms with Gasteiger partial charge in [0.15, 0.2) is 0 Å². The summed E-state index contributed by atoms with van der Waals surface area (Å²) in [5.74, 6) is 0. The number of nitrogens with one attached hydrogen (secondary N) is 1. The summed E-state index contributed by atoms with van der Waals surface area (Å²) in [5, 5.41) is 4.72. The van der Waals surface area contributed by atoms with Crippen LogP contribution in [0.3, 0.4) is 0 Å². The number of nitrogens with zero attached hydrogens (tertiary/aromatic N) is 1. The van der Waals surface area contributed by atoms with E-state index < -0.39 is 0 Å². The average molecular weight is 276 g/mol. The van der Waals surface area contributed by atoms with Crippen LogP contribution in [-0.4, -0.2) is 4.98 Å². The quantitative estimate of drug-likeness (QED) is 0.694. The first-order valence-corrected chi connectivity index (χ1v) is 7.25. The smallest absolute Gasteiger partial charge is 0.0754 e. The molecule has 0 saturated heterocycles. The lowest BCUT2D eigenvalue weighted by atomic mass is 10.0. The van der Waals surface area contributed by atoms with Crippen molar-refractivity contribution in [2.45, 2.75) is 27.7 Å². The minimum absolute atomic E-state index is 1.07. The van der Waals surface area contributed by atoms with Gasteiger partial charge < -0.3 is 5.32 Å². The lowest BCUT2D eigenvalue weighted by molar-refractivity contribution is 1.31. The highest BCUT2D eigenvalue weighted by Crippen LogP contribution is 2.29. The van der Waals surface area contributed by atoms with Crippen molar-refractivity contribution in [3.05, 3.63) is 64.8 Å². The Labute approximate surface area is 125 Å². The van der Waals surface area contributed by atoms with Gasteiger partial charge in [0.25, 0.3) is 0 Å². The van der Waals surface area contributed by atoms with Gasteiger partial charge >= 0.3 is 0 Å². The Hall–Kier alpha value is -2.35. The highest BCUT2D eigenvalue weighted by atomic mass is 14.9. The third-order valence-electron chi connectivity index (χ3n) is 4.09. The molecule has 0 aliphatic heterocycles. The molecule has 0 fully saturated rings. The summed E-state index contributed by atoms with van der Waals surface area (Å²) in [7, 11) is 0. The van der Waals surface area contributed by atoms with Gasteiger partial charge in [0.1, 0.15) is 0 Å². The van der Waals surface area contributed by atoms with Crippen molar-refractivity contribution in [1.82, 2.24) is 4.98 Å². The molecule has 3 aromatic rings. The Morgan fingerprint density at radius 2 is 1.62 bits per heavy atom. The van der Waals surface area contributed by atoms with Crippen LogP contribution in [0.1, 0.15) is 22.3 Å². The second-order valence-corrected chi connectivity index (χ2v) is 5.71. The molecule has 0 aliphatic carbocycles. The molecule has 1 aromatic heterocycles. The molecule has 0 amide bonds. The molecular formula is C19H20N2. The van der Waals surface area contributed by atoms with Gasteiger partial charge in [-0.3, -0.25) is 4.98 Å². The minimum atomic E-state index is 1.07. The largest absolute Gasteiger partial charge is 0.355 e. The van der Waals surface area contributed by atoms with Crippen molar-refractivity contribution in [2.24, 2.45) is 0 Å². The minimum Gasteiger partial charge on any atom is -0.355 e. The fraction of sp³-hybridized carbons (Fsp3) is 0.211. The zero-order valence-corrected chi connectivity index (χ0v) is 13.0. The van der Waals surface area contributed by atoms with Crippen molar-refractivity contribution in [1.29, 1.82) is 0 Å². The molecule has 0 atom stereocenters. The summed E-state index contributed by atoms with van der Waals surface area (Å²) in [4.78, 5) is 4.54. The van der Waals surface area contributed by atoms with Crippen LogP contribution in [-0.2, 0) is 0 Å². The van der Waals surface area contributed by atoms with Crippen LogP contribution in [0.2, 0.25) is 0 Å². The number of aryl methyl sites for hydroxylation is 4. The molecule has 0 spiro atoms. The van der Waals surface area contributed by atoms with E-state index in [1.807, 2.05) is 12.3 Å². The molecular weight excluding hydrogens is 256 g/mol. The predicted octanol–water partition coefficient (Wildman–Crippen LogP) is 5.21. The predicted molar refractivity (Wildman–Crippen MR) is 90.4 cm³/mol. The van der Waals surface area contributed by atoms with E-state index in [2.05, 4.69) is 68.3 Å². The van der Waals surface area contributed by atoms with E-state index in [4.69, 9.17) is 0 Å². The highest BCUT2D eigenvalue weighted by molar-refractivity contribution is 5.95. The normalized spacial score (nSPS) is 10.9. The van der Waals surface area contributed by atoms with E-state index in [-0.39, 0.29) is 0 Å². The number of rotatable bonds is 2. The van der Waals surface area contributed by atoms with Crippen LogP contribution in [0, 0.1) is 27.7 Å². The van der Waals surface area contributed by atoms with Gasteiger partial charge in [0, 0.05) is 23.0 Å². The van der Waals surface area contributed by atoms with Gasteiger partial charge in [-0.2, -0.15) is 0 Å². The van der Waals surface area contributed by atoms with Crippen LogP contribution in [0.5, 0.6) is 0 Å². The second kappa shape index (κ2) is 5.21. The van der Waals surface area contributed by atoms with E-state index in [9.17, 15) is 0 Å². The molecule has 1 heterocycles. The van der Waals surface area contributed by atoms with Gasteiger partial charge in [-0.1, -0.05) is 29.8 Å². The maximum absolute atomic E-state index is 4.54. The molecule has 0 radical (unpaired) electrons. The van der Waals surface area contributed by atoms with Crippen LogP contribution in [0.25, 0.3) is 10.9 Å². The first kappa shape index (κ1) is 13.6. The number of benzene rings is 2. The van der Waals surface area contributed by atoms with Crippen molar-refractivity contribution < 1.29 is 0 Å². The van der Waals surface area contributed by atoms with Crippen LogP contribution >= 0.6 is 0 Å². The van der Waals surface area contributed by atoms with Gasteiger partial charge in [0.05, 0.1) is 5.52 Å². The molecule has 0 unspecified atom stereocenters. The molecule has 2 heteroatoms. The molecule has 0 bridgehead atoms. The number of aromatic nitrogens is 1. The van der Waals surface area contributed by atoms with Crippen molar-refractivity contribution in [2.75, 3.05) is 5.32 Å². The van der Waals surface area contributed by atoms with Crippen molar-refractivity contribution >= 4 is 22.3 Å². The average Bonchev–Trinajstić information content (AvgIpc) is 2.46. The van der Waals surface area contributed by atoms with Crippen LogP contribution < -0.4 is 5.32 Å². The highest BCUT2D eigenvalue weighted by Gasteiger charge is 2.07. The number of hydrogen-bond donors (Lipinski definition) is 1. The monoisotopic (exact) mass is 276 g/mol. The third-order valence-corrected chi connectivity index (χ3v) is 4.09. The molecule has 106 valence electrons. The molecule has 1 N–H and O–H groups in total. The van der Waals surface area contributed by atoms with Gasteiger partial charge in [0.2, 0.25) is 0 Å².